The molecular formula is C19H15NO4. The number of amides is 2. The quantitative estimate of drug-likeness (QED) is 0.877. The summed E-state index contributed by atoms with van der Waals surface area (Å²) in [7, 11) is 0. The summed E-state index contributed by atoms with van der Waals surface area (Å²) in [5.41, 5.74) is 0.936. The predicted molar refractivity (Wildman–Crippen MR) is 85.7 cm³/mol. The summed E-state index contributed by atoms with van der Waals surface area (Å²) < 4.78 is 0. The van der Waals surface area contributed by atoms with Crippen LogP contribution in [0.1, 0.15) is 32.7 Å². The fourth-order valence-electron chi connectivity index (χ4n) is 3.65. The van der Waals surface area contributed by atoms with Crippen molar-refractivity contribution in [2.75, 3.05) is 6.54 Å². The molecule has 120 valence electrons. The number of benzene rings is 2. The minimum atomic E-state index is -0.893. The molecule has 0 saturated heterocycles. The van der Waals surface area contributed by atoms with E-state index in [2.05, 4.69) is 0 Å². The molecule has 1 heterocycles. The Bertz CT molecular complexity index is 826. The molecule has 24 heavy (non-hydrogen) atoms. The summed E-state index contributed by atoms with van der Waals surface area (Å²) in [6, 6.07) is 16.0. The van der Waals surface area contributed by atoms with Crippen molar-refractivity contribution in [2.45, 2.75) is 11.8 Å². The lowest BCUT2D eigenvalue weighted by Crippen LogP contribution is -2.38. The van der Waals surface area contributed by atoms with Crippen LogP contribution in [0.2, 0.25) is 0 Å². The van der Waals surface area contributed by atoms with E-state index in [1.165, 1.54) is 4.90 Å². The van der Waals surface area contributed by atoms with Crippen LogP contribution in [0.15, 0.2) is 54.6 Å². The number of carbonyl (C=O) groups is 3. The van der Waals surface area contributed by atoms with Crippen LogP contribution in [0, 0.1) is 5.92 Å². The van der Waals surface area contributed by atoms with Gasteiger partial charge in [-0.1, -0.05) is 42.5 Å². The van der Waals surface area contributed by atoms with Crippen molar-refractivity contribution >= 4 is 17.8 Å². The zero-order valence-electron chi connectivity index (χ0n) is 12.8. The van der Waals surface area contributed by atoms with E-state index in [9.17, 15) is 19.5 Å². The third kappa shape index (κ3) is 1.98. The number of carboxylic acids is 1. The number of carbonyl (C=O) groups excluding carboxylic acids is 2. The average Bonchev–Trinajstić information content (AvgIpc) is 3.30. The Morgan fingerprint density at radius 3 is 2.04 bits per heavy atom. The summed E-state index contributed by atoms with van der Waals surface area (Å²) >= 11 is 0. The highest BCUT2D eigenvalue weighted by Crippen LogP contribution is 2.55. The Morgan fingerprint density at radius 1 is 1.00 bits per heavy atom. The van der Waals surface area contributed by atoms with Crippen LogP contribution in [-0.2, 0) is 10.2 Å². The second-order valence-corrected chi connectivity index (χ2v) is 6.36. The number of nitrogens with zero attached hydrogens (tertiary/aromatic N) is 1. The fourth-order valence-corrected chi connectivity index (χ4v) is 3.65. The van der Waals surface area contributed by atoms with Gasteiger partial charge in [0.1, 0.15) is 0 Å². The van der Waals surface area contributed by atoms with E-state index >= 15 is 0 Å². The highest BCUT2D eigenvalue weighted by molar-refractivity contribution is 6.21. The fraction of sp³-hybridized carbons (Fsp3) is 0.211. The number of hydrogen-bond donors (Lipinski definition) is 1. The lowest BCUT2D eigenvalue weighted by molar-refractivity contribution is -0.139. The first-order valence-electron chi connectivity index (χ1n) is 7.78. The molecule has 2 atom stereocenters. The monoisotopic (exact) mass is 321 g/mol. The molecule has 0 bridgehead atoms. The molecule has 0 spiro atoms. The maximum atomic E-state index is 12.6. The van der Waals surface area contributed by atoms with Gasteiger partial charge in [0.25, 0.3) is 11.8 Å². The number of rotatable bonds is 4. The summed E-state index contributed by atoms with van der Waals surface area (Å²) in [6.07, 6.45) is 0.430. The van der Waals surface area contributed by atoms with Gasteiger partial charge in [-0.05, 0) is 24.1 Å². The number of hydrogen-bond acceptors (Lipinski definition) is 3. The molecule has 5 nitrogen and oxygen atoms in total. The summed E-state index contributed by atoms with van der Waals surface area (Å²) in [5, 5.41) is 9.44. The van der Waals surface area contributed by atoms with E-state index in [1.807, 2.05) is 30.3 Å². The van der Waals surface area contributed by atoms with Crippen LogP contribution in [0.4, 0.5) is 0 Å². The van der Waals surface area contributed by atoms with E-state index in [4.69, 9.17) is 0 Å². The van der Waals surface area contributed by atoms with Crippen molar-refractivity contribution in [3.8, 4) is 0 Å². The third-order valence-electron chi connectivity index (χ3n) is 5.04. The Morgan fingerprint density at radius 2 is 1.54 bits per heavy atom. The van der Waals surface area contributed by atoms with E-state index in [0.29, 0.717) is 17.5 Å². The Balaban J connectivity index is 1.70. The zero-order valence-corrected chi connectivity index (χ0v) is 12.8. The molecule has 2 aromatic carbocycles. The zero-order chi connectivity index (χ0) is 16.9. The summed E-state index contributed by atoms with van der Waals surface area (Å²) in [4.78, 5) is 37.9. The van der Waals surface area contributed by atoms with E-state index in [1.54, 1.807) is 24.3 Å². The Hall–Kier alpha value is -2.95. The average molecular weight is 321 g/mol. The molecule has 2 unspecified atom stereocenters. The van der Waals surface area contributed by atoms with Gasteiger partial charge in [-0.3, -0.25) is 19.3 Å². The molecule has 5 heteroatoms. The molecule has 1 aliphatic heterocycles. The van der Waals surface area contributed by atoms with E-state index < -0.39 is 17.3 Å². The van der Waals surface area contributed by atoms with Crippen LogP contribution in [-0.4, -0.2) is 34.3 Å². The van der Waals surface area contributed by atoms with Gasteiger partial charge in [0.05, 0.1) is 17.0 Å². The normalized spacial score (nSPS) is 24.8. The lowest BCUT2D eigenvalue weighted by atomic mass is 9.92. The third-order valence-corrected chi connectivity index (χ3v) is 5.04. The molecule has 0 aromatic heterocycles. The van der Waals surface area contributed by atoms with E-state index in [0.717, 1.165) is 5.56 Å². The molecule has 1 saturated carbocycles. The van der Waals surface area contributed by atoms with Gasteiger partial charge in [0, 0.05) is 12.0 Å². The van der Waals surface area contributed by atoms with Crippen molar-refractivity contribution in [3.63, 3.8) is 0 Å². The van der Waals surface area contributed by atoms with Gasteiger partial charge in [0.2, 0.25) is 0 Å². The van der Waals surface area contributed by atoms with Crippen molar-refractivity contribution < 1.29 is 19.5 Å². The van der Waals surface area contributed by atoms with Crippen LogP contribution in [0.5, 0.6) is 0 Å². The van der Waals surface area contributed by atoms with Gasteiger partial charge >= 0.3 is 5.97 Å². The van der Waals surface area contributed by atoms with Gasteiger partial charge in [-0.2, -0.15) is 0 Å². The molecule has 2 aromatic rings. The van der Waals surface area contributed by atoms with Crippen molar-refractivity contribution in [2.24, 2.45) is 5.92 Å². The second-order valence-electron chi connectivity index (χ2n) is 6.36. The van der Waals surface area contributed by atoms with Crippen LogP contribution >= 0.6 is 0 Å². The largest absolute Gasteiger partial charge is 0.481 e. The topological polar surface area (TPSA) is 74.7 Å². The highest BCUT2D eigenvalue weighted by atomic mass is 16.4. The van der Waals surface area contributed by atoms with Crippen LogP contribution in [0.25, 0.3) is 0 Å². The molecular weight excluding hydrogens is 306 g/mol. The molecule has 2 amide bonds. The van der Waals surface area contributed by atoms with Gasteiger partial charge in [-0.25, -0.2) is 0 Å². The van der Waals surface area contributed by atoms with Gasteiger partial charge in [0.15, 0.2) is 0 Å². The Labute approximate surface area is 138 Å². The number of carboxylic acid groups (broad SMARTS) is 1. The first kappa shape index (κ1) is 14.6. The minimum absolute atomic E-state index is 0.0975. The standard InChI is InChI=1S/C19H15NO4/c21-16-13-8-4-5-9-14(13)17(22)20(16)11-19(10-15(19)18(23)24)12-6-2-1-3-7-12/h1-9,15H,10-11H2,(H,23,24). The molecule has 1 fully saturated rings. The molecule has 0 radical (unpaired) electrons. The maximum Gasteiger partial charge on any atom is 0.307 e. The first-order chi connectivity index (χ1) is 11.5. The van der Waals surface area contributed by atoms with Crippen molar-refractivity contribution in [1.82, 2.24) is 4.90 Å². The van der Waals surface area contributed by atoms with Crippen molar-refractivity contribution in [3.05, 3.63) is 71.3 Å². The minimum Gasteiger partial charge on any atom is -0.481 e. The number of aliphatic carboxylic acids is 1. The molecule has 1 aliphatic carbocycles. The smallest absolute Gasteiger partial charge is 0.307 e. The van der Waals surface area contributed by atoms with Crippen LogP contribution in [0.3, 0.4) is 0 Å². The highest BCUT2D eigenvalue weighted by Gasteiger charge is 2.61. The SMILES string of the molecule is O=C(O)C1CC1(CN1C(=O)c2ccccc2C1=O)c1ccccc1. The van der Waals surface area contributed by atoms with Gasteiger partial charge in [-0.15, -0.1) is 0 Å². The molecule has 4 rings (SSSR count). The second kappa shape index (κ2) is 5.03. The summed E-state index contributed by atoms with van der Waals surface area (Å²) in [6.45, 7) is 0.0975. The molecule has 1 N–H and O–H groups in total. The molecule has 2 aliphatic rings. The number of fused-ring (bicyclic) bond motifs is 1. The Kier molecular flexibility index (Phi) is 3.06. The van der Waals surface area contributed by atoms with Gasteiger partial charge < -0.3 is 5.11 Å². The van der Waals surface area contributed by atoms with Crippen LogP contribution < -0.4 is 0 Å². The number of imide groups is 1. The first-order valence-corrected chi connectivity index (χ1v) is 7.78. The lowest BCUT2D eigenvalue weighted by Gasteiger charge is -2.23. The maximum absolute atomic E-state index is 12.6. The predicted octanol–water partition coefficient (Wildman–Crippen LogP) is 2.33. The van der Waals surface area contributed by atoms with Crippen molar-refractivity contribution in [1.29, 1.82) is 0 Å². The summed E-state index contributed by atoms with van der Waals surface area (Å²) in [5.74, 6) is -2.16. The van der Waals surface area contributed by atoms with E-state index in [-0.39, 0.29) is 18.4 Å².